The van der Waals surface area contributed by atoms with Crippen molar-refractivity contribution in [3.63, 3.8) is 0 Å². The van der Waals surface area contributed by atoms with Crippen LogP contribution in [0, 0.1) is 5.92 Å². The van der Waals surface area contributed by atoms with Crippen LogP contribution in [0.5, 0.6) is 0 Å². The molecule has 1 aliphatic carbocycles. The zero-order valence-electron chi connectivity index (χ0n) is 18.6. The highest BCUT2D eigenvalue weighted by Crippen LogP contribution is 2.33. The van der Waals surface area contributed by atoms with Crippen LogP contribution in [0.2, 0.25) is 0 Å². The van der Waals surface area contributed by atoms with Gasteiger partial charge in [-0.15, -0.1) is 0 Å². The van der Waals surface area contributed by atoms with E-state index in [0.29, 0.717) is 6.54 Å². The first-order valence-corrected chi connectivity index (χ1v) is 13.7. The van der Waals surface area contributed by atoms with Gasteiger partial charge in [-0.25, -0.2) is 0 Å². The van der Waals surface area contributed by atoms with E-state index in [2.05, 4.69) is 82.6 Å². The van der Waals surface area contributed by atoms with Crippen LogP contribution in [-0.4, -0.2) is 64.8 Å². The molecule has 1 N–H and O–H groups in total. The van der Waals surface area contributed by atoms with E-state index in [1.807, 2.05) is 0 Å². The van der Waals surface area contributed by atoms with Crippen LogP contribution in [-0.2, 0) is 6.54 Å². The van der Waals surface area contributed by atoms with Crippen molar-refractivity contribution in [2.45, 2.75) is 44.8 Å². The highest BCUT2D eigenvalue weighted by atomic mass is 79.9. The molecule has 5 rings (SSSR count). The Kier molecular flexibility index (Phi) is 7.24. The van der Waals surface area contributed by atoms with Crippen molar-refractivity contribution in [1.82, 2.24) is 14.4 Å². The molecule has 0 spiro atoms. The van der Waals surface area contributed by atoms with E-state index in [-0.39, 0.29) is 6.10 Å². The number of rotatable bonds is 6. The molecule has 3 aromatic rings. The van der Waals surface area contributed by atoms with Gasteiger partial charge >= 0.3 is 0 Å². The third kappa shape index (κ3) is 5.10. The number of halogens is 2. The summed E-state index contributed by atoms with van der Waals surface area (Å²) in [5.74, 6) is 0.913. The van der Waals surface area contributed by atoms with Gasteiger partial charge in [0.2, 0.25) is 0 Å². The van der Waals surface area contributed by atoms with Gasteiger partial charge in [0.1, 0.15) is 0 Å². The molecular weight excluding hydrogens is 530 g/mol. The Hall–Kier alpha value is -0.920. The minimum absolute atomic E-state index is 0.383. The van der Waals surface area contributed by atoms with Crippen molar-refractivity contribution in [3.8, 4) is 0 Å². The number of hydrogen-bond acceptors (Lipinski definition) is 3. The summed E-state index contributed by atoms with van der Waals surface area (Å²) >= 11 is 7.24. The fourth-order valence-electron chi connectivity index (χ4n) is 5.70. The molecule has 2 aromatic carbocycles. The Morgan fingerprint density at radius 2 is 1.34 bits per heavy atom. The van der Waals surface area contributed by atoms with Crippen LogP contribution in [0.25, 0.3) is 21.8 Å². The number of nitrogens with zero attached hydrogens (tertiary/aromatic N) is 3. The third-order valence-corrected chi connectivity index (χ3v) is 8.34. The van der Waals surface area contributed by atoms with E-state index in [9.17, 15) is 5.11 Å². The zero-order chi connectivity index (χ0) is 22.1. The Balaban J connectivity index is 1.23. The Morgan fingerprint density at radius 1 is 0.781 bits per heavy atom. The summed E-state index contributed by atoms with van der Waals surface area (Å²) in [5.41, 5.74) is 2.36. The van der Waals surface area contributed by atoms with E-state index in [0.717, 1.165) is 47.6 Å². The minimum atomic E-state index is -0.383. The van der Waals surface area contributed by atoms with Gasteiger partial charge in [-0.3, -0.25) is 4.90 Å². The molecule has 1 atom stereocenters. The highest BCUT2D eigenvalue weighted by molar-refractivity contribution is 9.10. The molecule has 2 fully saturated rings. The zero-order valence-corrected chi connectivity index (χ0v) is 21.8. The second-order valence-corrected chi connectivity index (χ2v) is 11.5. The molecule has 1 saturated carbocycles. The average molecular weight is 563 g/mol. The molecule has 4 nitrogen and oxygen atoms in total. The summed E-state index contributed by atoms with van der Waals surface area (Å²) in [5, 5.41) is 13.5. The molecule has 0 radical (unpaired) electrons. The first-order valence-electron chi connectivity index (χ1n) is 12.1. The van der Waals surface area contributed by atoms with Crippen molar-refractivity contribution < 1.29 is 5.11 Å². The standard InChI is InChI=1S/C26H33Br2N3O/c27-20-6-8-25-23(14-20)24-15-21(28)7-9-26(24)31(25)18-22(32)17-30-12-10-29(11-13-30)16-19-4-2-1-3-5-19/h6-9,14-15,19,22,32H,1-5,10-13,16-18H2. The van der Waals surface area contributed by atoms with Crippen LogP contribution in [0.4, 0.5) is 0 Å². The molecular formula is C26H33Br2N3O. The van der Waals surface area contributed by atoms with Gasteiger partial charge in [-0.05, 0) is 55.2 Å². The molecule has 1 aromatic heterocycles. The van der Waals surface area contributed by atoms with Crippen LogP contribution in [0.1, 0.15) is 32.1 Å². The summed E-state index contributed by atoms with van der Waals surface area (Å²) in [7, 11) is 0. The number of β-amino-alcohol motifs (C(OH)–C–C–N with tert-alkyl or cyclic N) is 1. The number of benzene rings is 2. The van der Waals surface area contributed by atoms with E-state index < -0.39 is 0 Å². The Bertz CT molecular complexity index is 1010. The van der Waals surface area contributed by atoms with Crippen molar-refractivity contribution in [2.75, 3.05) is 39.3 Å². The maximum Gasteiger partial charge on any atom is 0.0845 e. The van der Waals surface area contributed by atoms with Crippen LogP contribution < -0.4 is 0 Å². The summed E-state index contributed by atoms with van der Waals surface area (Å²) in [4.78, 5) is 5.10. The maximum absolute atomic E-state index is 11.0. The van der Waals surface area contributed by atoms with Crippen LogP contribution >= 0.6 is 31.9 Å². The Morgan fingerprint density at radius 3 is 1.94 bits per heavy atom. The number of hydrogen-bond donors (Lipinski definition) is 1. The van der Waals surface area contributed by atoms with Crippen LogP contribution in [0.3, 0.4) is 0 Å². The van der Waals surface area contributed by atoms with E-state index in [1.165, 1.54) is 60.5 Å². The predicted octanol–water partition coefficient (Wildman–Crippen LogP) is 5.88. The van der Waals surface area contributed by atoms with Gasteiger partial charge in [0.25, 0.3) is 0 Å². The van der Waals surface area contributed by atoms with Gasteiger partial charge in [0.15, 0.2) is 0 Å². The van der Waals surface area contributed by atoms with E-state index in [1.54, 1.807) is 0 Å². The highest BCUT2D eigenvalue weighted by Gasteiger charge is 2.23. The van der Waals surface area contributed by atoms with Crippen molar-refractivity contribution in [2.24, 2.45) is 5.92 Å². The lowest BCUT2D eigenvalue weighted by atomic mass is 9.89. The maximum atomic E-state index is 11.0. The number of aliphatic hydroxyl groups is 1. The lowest BCUT2D eigenvalue weighted by Crippen LogP contribution is -2.50. The SMILES string of the molecule is OC(CN1CCN(CC2CCCCC2)CC1)Cn1c2ccc(Br)cc2c2cc(Br)ccc21. The first kappa shape index (κ1) is 22.9. The van der Waals surface area contributed by atoms with Crippen molar-refractivity contribution in [1.29, 1.82) is 0 Å². The summed E-state index contributed by atoms with van der Waals surface area (Å²) in [6.07, 6.45) is 6.74. The molecule has 172 valence electrons. The summed E-state index contributed by atoms with van der Waals surface area (Å²) < 4.78 is 4.44. The number of aromatic nitrogens is 1. The monoisotopic (exact) mass is 561 g/mol. The van der Waals surface area contributed by atoms with Crippen molar-refractivity contribution in [3.05, 3.63) is 45.3 Å². The average Bonchev–Trinajstić information content (AvgIpc) is 3.08. The first-order chi connectivity index (χ1) is 15.6. The topological polar surface area (TPSA) is 31.6 Å². The van der Waals surface area contributed by atoms with Gasteiger partial charge < -0.3 is 14.6 Å². The molecule has 1 saturated heterocycles. The molecule has 2 aliphatic rings. The normalized spacial score (nSPS) is 20.3. The van der Waals surface area contributed by atoms with E-state index in [4.69, 9.17) is 0 Å². The van der Waals surface area contributed by atoms with Gasteiger partial charge in [-0.2, -0.15) is 0 Å². The number of aliphatic hydroxyl groups excluding tert-OH is 1. The molecule has 1 unspecified atom stereocenters. The molecule has 0 amide bonds. The van der Waals surface area contributed by atoms with Gasteiger partial charge in [0, 0.05) is 70.0 Å². The molecule has 6 heteroatoms. The fraction of sp³-hybridized carbons (Fsp3) is 0.538. The summed E-state index contributed by atoms with van der Waals surface area (Å²) in [6, 6.07) is 12.8. The number of fused-ring (bicyclic) bond motifs is 3. The largest absolute Gasteiger partial charge is 0.390 e. The minimum Gasteiger partial charge on any atom is -0.390 e. The van der Waals surface area contributed by atoms with Crippen LogP contribution in [0.15, 0.2) is 45.3 Å². The predicted molar refractivity (Wildman–Crippen MR) is 140 cm³/mol. The van der Waals surface area contributed by atoms with Crippen molar-refractivity contribution >= 4 is 53.7 Å². The van der Waals surface area contributed by atoms with Gasteiger partial charge in [0.05, 0.1) is 12.6 Å². The second kappa shape index (κ2) is 10.1. The molecule has 0 bridgehead atoms. The summed E-state index contributed by atoms with van der Waals surface area (Å²) in [6.45, 7) is 7.05. The molecule has 1 aliphatic heterocycles. The second-order valence-electron chi connectivity index (χ2n) is 9.69. The fourth-order valence-corrected chi connectivity index (χ4v) is 6.42. The lowest BCUT2D eigenvalue weighted by molar-refractivity contribution is 0.0584. The smallest absolute Gasteiger partial charge is 0.0845 e. The van der Waals surface area contributed by atoms with Gasteiger partial charge in [-0.1, -0.05) is 51.1 Å². The lowest BCUT2D eigenvalue weighted by Gasteiger charge is -2.38. The molecule has 32 heavy (non-hydrogen) atoms. The number of piperazine rings is 1. The Labute approximate surface area is 207 Å². The third-order valence-electron chi connectivity index (χ3n) is 7.36. The molecule has 2 heterocycles. The van der Waals surface area contributed by atoms with E-state index >= 15 is 0 Å². The quantitative estimate of drug-likeness (QED) is 0.407.